The summed E-state index contributed by atoms with van der Waals surface area (Å²) in [6.45, 7) is 0.347. The molecule has 1 saturated carbocycles. The third-order valence-electron chi connectivity index (χ3n) is 3.69. The molecular formula is C14H15N3O3. The smallest absolute Gasteiger partial charge is 0.303 e. The van der Waals surface area contributed by atoms with E-state index >= 15 is 0 Å². The molecule has 0 bridgehead atoms. The fraction of sp³-hybridized carbons (Fsp3) is 0.429. The molecule has 0 spiro atoms. The van der Waals surface area contributed by atoms with Crippen molar-refractivity contribution in [2.45, 2.75) is 25.7 Å². The van der Waals surface area contributed by atoms with Crippen LogP contribution in [0, 0.1) is 16.7 Å². The maximum atomic E-state index is 11.9. The molecule has 2 rings (SSSR count). The van der Waals surface area contributed by atoms with Crippen LogP contribution in [-0.4, -0.2) is 28.5 Å². The summed E-state index contributed by atoms with van der Waals surface area (Å²) >= 11 is 0. The lowest BCUT2D eigenvalue weighted by atomic mass is 9.66. The minimum atomic E-state index is -0.838. The third-order valence-corrected chi connectivity index (χ3v) is 3.69. The van der Waals surface area contributed by atoms with E-state index in [4.69, 9.17) is 10.4 Å². The molecule has 2 N–H and O–H groups in total. The van der Waals surface area contributed by atoms with Gasteiger partial charge in [0.1, 0.15) is 11.8 Å². The van der Waals surface area contributed by atoms with Crippen LogP contribution < -0.4 is 5.32 Å². The summed E-state index contributed by atoms with van der Waals surface area (Å²) in [5.41, 5.74) is 0.311. The molecule has 0 radical (unpaired) electrons. The summed E-state index contributed by atoms with van der Waals surface area (Å²) in [7, 11) is 0. The van der Waals surface area contributed by atoms with Gasteiger partial charge in [-0.15, -0.1) is 0 Å². The Bertz CT molecular complexity index is 556. The predicted octanol–water partition coefficient (Wildman–Crippen LogP) is 1.33. The molecule has 6 nitrogen and oxygen atoms in total. The Morgan fingerprint density at radius 3 is 2.65 bits per heavy atom. The second-order valence-electron chi connectivity index (χ2n) is 5.15. The van der Waals surface area contributed by atoms with Crippen LogP contribution >= 0.6 is 0 Å². The van der Waals surface area contributed by atoms with Crippen molar-refractivity contribution >= 4 is 11.9 Å². The standard InChI is InChI=1S/C14H15N3O3/c15-7-10-2-3-11(16-8-10)13(20)17-9-14(4-1-5-14)6-12(18)19/h2-3,8H,1,4-6,9H2,(H,17,20)(H,18,19). The molecule has 6 heteroatoms. The van der Waals surface area contributed by atoms with Gasteiger partial charge in [-0.2, -0.15) is 5.26 Å². The van der Waals surface area contributed by atoms with Crippen LogP contribution in [0.2, 0.25) is 0 Å². The molecule has 0 unspecified atom stereocenters. The van der Waals surface area contributed by atoms with Crippen molar-refractivity contribution in [1.29, 1.82) is 5.26 Å². The minimum absolute atomic E-state index is 0.0775. The van der Waals surface area contributed by atoms with E-state index < -0.39 is 5.97 Å². The van der Waals surface area contributed by atoms with Crippen LogP contribution in [0.1, 0.15) is 41.7 Å². The number of carboxylic acid groups (broad SMARTS) is 1. The number of carboxylic acids is 1. The predicted molar refractivity (Wildman–Crippen MR) is 69.8 cm³/mol. The largest absolute Gasteiger partial charge is 0.481 e. The van der Waals surface area contributed by atoms with E-state index in [9.17, 15) is 9.59 Å². The van der Waals surface area contributed by atoms with Crippen LogP contribution in [0.25, 0.3) is 0 Å². The number of hydrogen-bond donors (Lipinski definition) is 2. The molecule has 1 aromatic rings. The van der Waals surface area contributed by atoms with Crippen molar-refractivity contribution in [2.75, 3.05) is 6.54 Å². The Balaban J connectivity index is 1.94. The highest BCUT2D eigenvalue weighted by Gasteiger charge is 2.39. The van der Waals surface area contributed by atoms with Gasteiger partial charge in [-0.3, -0.25) is 9.59 Å². The molecule has 0 aliphatic heterocycles. The zero-order chi connectivity index (χ0) is 14.6. The molecule has 1 aliphatic carbocycles. The van der Waals surface area contributed by atoms with Gasteiger partial charge in [0.25, 0.3) is 5.91 Å². The molecule has 1 aromatic heterocycles. The minimum Gasteiger partial charge on any atom is -0.481 e. The molecule has 20 heavy (non-hydrogen) atoms. The number of aliphatic carboxylic acids is 1. The van der Waals surface area contributed by atoms with Gasteiger partial charge < -0.3 is 10.4 Å². The fourth-order valence-corrected chi connectivity index (χ4v) is 2.37. The first kappa shape index (κ1) is 14.0. The quantitative estimate of drug-likeness (QED) is 0.842. The lowest BCUT2D eigenvalue weighted by Gasteiger charge is -2.40. The van der Waals surface area contributed by atoms with E-state index in [1.165, 1.54) is 18.3 Å². The number of nitrogens with zero attached hydrogens (tertiary/aromatic N) is 2. The summed E-state index contributed by atoms with van der Waals surface area (Å²) in [6, 6.07) is 4.94. The molecule has 1 fully saturated rings. The first-order chi connectivity index (χ1) is 9.54. The number of aromatic nitrogens is 1. The van der Waals surface area contributed by atoms with Gasteiger partial charge in [-0.25, -0.2) is 4.98 Å². The average molecular weight is 273 g/mol. The number of pyridine rings is 1. The van der Waals surface area contributed by atoms with Crippen LogP contribution in [0.5, 0.6) is 0 Å². The maximum Gasteiger partial charge on any atom is 0.303 e. The van der Waals surface area contributed by atoms with Crippen LogP contribution in [0.4, 0.5) is 0 Å². The number of carbonyl (C=O) groups is 2. The zero-order valence-electron chi connectivity index (χ0n) is 10.9. The number of nitriles is 1. The summed E-state index contributed by atoms with van der Waals surface area (Å²) in [6.07, 6.45) is 4.05. The molecule has 0 saturated heterocycles. The Morgan fingerprint density at radius 2 is 2.20 bits per heavy atom. The lowest BCUT2D eigenvalue weighted by Crippen LogP contribution is -2.43. The highest BCUT2D eigenvalue weighted by molar-refractivity contribution is 5.92. The van der Waals surface area contributed by atoms with Gasteiger partial charge in [0, 0.05) is 12.7 Å². The number of carbonyl (C=O) groups excluding carboxylic acids is 1. The van der Waals surface area contributed by atoms with Crippen LogP contribution in [0.15, 0.2) is 18.3 Å². The van der Waals surface area contributed by atoms with Gasteiger partial charge in [-0.05, 0) is 30.4 Å². The first-order valence-electron chi connectivity index (χ1n) is 6.41. The number of hydrogen-bond acceptors (Lipinski definition) is 4. The topological polar surface area (TPSA) is 103 Å². The zero-order valence-corrected chi connectivity index (χ0v) is 10.9. The van der Waals surface area contributed by atoms with E-state index in [0.29, 0.717) is 12.1 Å². The summed E-state index contributed by atoms with van der Waals surface area (Å²) in [4.78, 5) is 26.7. The van der Waals surface area contributed by atoms with Crippen molar-refractivity contribution < 1.29 is 14.7 Å². The SMILES string of the molecule is N#Cc1ccc(C(=O)NCC2(CC(=O)O)CCC2)nc1. The molecule has 1 amide bonds. The molecule has 0 aromatic carbocycles. The average Bonchev–Trinajstić information content (AvgIpc) is 2.41. The second-order valence-corrected chi connectivity index (χ2v) is 5.15. The van der Waals surface area contributed by atoms with Crippen molar-refractivity contribution in [3.63, 3.8) is 0 Å². The van der Waals surface area contributed by atoms with Gasteiger partial charge in [-0.1, -0.05) is 6.42 Å². The Kier molecular flexibility index (Phi) is 3.99. The summed E-state index contributed by atoms with van der Waals surface area (Å²) in [5, 5.41) is 20.3. The maximum absolute atomic E-state index is 11.9. The van der Waals surface area contributed by atoms with E-state index in [-0.39, 0.29) is 23.4 Å². The summed E-state index contributed by atoms with van der Waals surface area (Å²) in [5.74, 6) is -1.18. The molecule has 0 atom stereocenters. The van der Waals surface area contributed by atoms with Gasteiger partial charge in [0.2, 0.25) is 0 Å². The van der Waals surface area contributed by atoms with Gasteiger partial charge >= 0.3 is 5.97 Å². The number of rotatable bonds is 5. The fourth-order valence-electron chi connectivity index (χ4n) is 2.37. The Morgan fingerprint density at radius 1 is 1.45 bits per heavy atom. The van der Waals surface area contributed by atoms with Crippen molar-refractivity contribution in [3.8, 4) is 6.07 Å². The molecule has 1 heterocycles. The second kappa shape index (κ2) is 5.70. The summed E-state index contributed by atoms with van der Waals surface area (Å²) < 4.78 is 0. The normalized spacial score (nSPS) is 15.8. The van der Waals surface area contributed by atoms with Crippen molar-refractivity contribution in [2.24, 2.45) is 5.41 Å². The monoisotopic (exact) mass is 273 g/mol. The van der Waals surface area contributed by atoms with Crippen molar-refractivity contribution in [1.82, 2.24) is 10.3 Å². The van der Waals surface area contributed by atoms with Crippen LogP contribution in [-0.2, 0) is 4.79 Å². The highest BCUT2D eigenvalue weighted by atomic mass is 16.4. The third kappa shape index (κ3) is 3.12. The van der Waals surface area contributed by atoms with E-state index in [0.717, 1.165) is 19.3 Å². The molecule has 1 aliphatic rings. The highest BCUT2D eigenvalue weighted by Crippen LogP contribution is 2.43. The van der Waals surface area contributed by atoms with Crippen molar-refractivity contribution in [3.05, 3.63) is 29.6 Å². The Labute approximate surface area is 116 Å². The van der Waals surface area contributed by atoms with E-state index in [1.54, 1.807) is 0 Å². The van der Waals surface area contributed by atoms with E-state index in [1.807, 2.05) is 6.07 Å². The van der Waals surface area contributed by atoms with Crippen LogP contribution in [0.3, 0.4) is 0 Å². The molecule has 104 valence electrons. The van der Waals surface area contributed by atoms with Gasteiger partial charge in [0.05, 0.1) is 12.0 Å². The number of nitrogens with one attached hydrogen (secondary N) is 1. The van der Waals surface area contributed by atoms with E-state index in [2.05, 4.69) is 10.3 Å². The first-order valence-corrected chi connectivity index (χ1v) is 6.41. The Hall–Kier alpha value is -2.42. The number of amides is 1. The lowest BCUT2D eigenvalue weighted by molar-refractivity contribution is -0.141. The molecular weight excluding hydrogens is 258 g/mol. The van der Waals surface area contributed by atoms with Gasteiger partial charge in [0.15, 0.2) is 0 Å².